The summed E-state index contributed by atoms with van der Waals surface area (Å²) >= 11 is 0. The smallest absolute Gasteiger partial charge is 0.136 e. The number of rotatable bonds is 1. The topological polar surface area (TPSA) is 17.1 Å². The molecule has 0 radical (unpaired) electrons. The van der Waals surface area contributed by atoms with Crippen molar-refractivity contribution >= 4 is 5.78 Å². The van der Waals surface area contributed by atoms with E-state index in [1.54, 1.807) is 0 Å². The molecule has 3 atom stereocenters. The van der Waals surface area contributed by atoms with E-state index in [1.165, 1.54) is 6.42 Å². The average Bonchev–Trinajstić information content (AvgIpc) is 2.52. The minimum atomic E-state index is 0.319. The van der Waals surface area contributed by atoms with Crippen molar-refractivity contribution in [3.8, 4) is 0 Å². The van der Waals surface area contributed by atoms with Crippen LogP contribution in [0, 0.1) is 22.7 Å². The van der Waals surface area contributed by atoms with Crippen LogP contribution in [0.4, 0.5) is 0 Å². The summed E-state index contributed by atoms with van der Waals surface area (Å²) in [6.45, 7) is 8.93. The highest BCUT2D eigenvalue weighted by atomic mass is 16.1. The lowest BCUT2D eigenvalue weighted by molar-refractivity contribution is -0.122. The molecule has 2 rings (SSSR count). The number of ketones is 1. The molecular formula is C11H18O. The summed E-state index contributed by atoms with van der Waals surface area (Å²) in [5.41, 5.74) is 0.752. The van der Waals surface area contributed by atoms with E-state index in [2.05, 4.69) is 27.7 Å². The van der Waals surface area contributed by atoms with E-state index in [4.69, 9.17) is 0 Å². The van der Waals surface area contributed by atoms with Crippen LogP contribution in [-0.2, 0) is 4.79 Å². The Bertz CT molecular complexity index is 243. The molecule has 0 bridgehead atoms. The molecule has 0 aromatic heterocycles. The highest BCUT2D eigenvalue weighted by Crippen LogP contribution is 2.77. The lowest BCUT2D eigenvalue weighted by atomic mass is 9.84. The molecule has 2 aliphatic rings. The molecule has 2 fully saturated rings. The van der Waals surface area contributed by atoms with Gasteiger partial charge >= 0.3 is 0 Å². The third-order valence-corrected chi connectivity index (χ3v) is 4.73. The van der Waals surface area contributed by atoms with Gasteiger partial charge in [0.1, 0.15) is 5.78 Å². The summed E-state index contributed by atoms with van der Waals surface area (Å²) < 4.78 is 0. The molecule has 0 spiro atoms. The van der Waals surface area contributed by atoms with Gasteiger partial charge in [-0.25, -0.2) is 0 Å². The molecule has 0 aliphatic heterocycles. The van der Waals surface area contributed by atoms with Crippen LogP contribution in [0.1, 0.15) is 40.5 Å². The van der Waals surface area contributed by atoms with Crippen LogP contribution in [-0.4, -0.2) is 5.78 Å². The molecule has 0 amide bonds. The zero-order chi connectivity index (χ0) is 9.15. The Balaban J connectivity index is 2.32. The van der Waals surface area contributed by atoms with E-state index < -0.39 is 0 Å². The second-order valence-corrected chi connectivity index (χ2v) is 5.27. The van der Waals surface area contributed by atoms with Gasteiger partial charge < -0.3 is 0 Å². The van der Waals surface area contributed by atoms with Crippen LogP contribution in [0.2, 0.25) is 0 Å². The normalized spacial score (nSPS) is 51.4. The molecule has 0 aromatic rings. The van der Waals surface area contributed by atoms with Crippen LogP contribution in [0.15, 0.2) is 0 Å². The molecule has 0 aromatic carbocycles. The number of hydrogen-bond donors (Lipinski definition) is 0. The Kier molecular flexibility index (Phi) is 1.34. The number of carbonyl (C=O) groups excluding carboxylic acids is 1. The summed E-state index contributed by atoms with van der Waals surface area (Å²) in [4.78, 5) is 11.5. The van der Waals surface area contributed by atoms with Gasteiger partial charge in [-0.15, -0.1) is 0 Å². The van der Waals surface area contributed by atoms with Crippen LogP contribution in [0.3, 0.4) is 0 Å². The second-order valence-electron chi connectivity index (χ2n) is 5.27. The van der Waals surface area contributed by atoms with Crippen LogP contribution in [0.5, 0.6) is 0 Å². The van der Waals surface area contributed by atoms with Gasteiger partial charge in [-0.3, -0.25) is 4.79 Å². The summed E-state index contributed by atoms with van der Waals surface area (Å²) in [6, 6.07) is 0. The molecule has 2 aliphatic carbocycles. The van der Waals surface area contributed by atoms with Gasteiger partial charge in [-0.2, -0.15) is 0 Å². The second kappa shape index (κ2) is 1.94. The van der Waals surface area contributed by atoms with Gasteiger partial charge in [0.25, 0.3) is 0 Å². The van der Waals surface area contributed by atoms with Crippen LogP contribution in [0.25, 0.3) is 0 Å². The molecule has 1 heteroatoms. The first-order chi connectivity index (χ1) is 5.44. The van der Waals surface area contributed by atoms with Crippen molar-refractivity contribution in [1.29, 1.82) is 0 Å². The van der Waals surface area contributed by atoms with E-state index in [0.717, 1.165) is 6.42 Å². The first kappa shape index (κ1) is 8.28. The fourth-order valence-corrected chi connectivity index (χ4v) is 3.35. The minimum absolute atomic E-state index is 0.319. The zero-order valence-corrected chi connectivity index (χ0v) is 8.48. The Labute approximate surface area is 74.5 Å². The quantitative estimate of drug-likeness (QED) is 0.585. The minimum Gasteiger partial charge on any atom is -0.299 e. The molecule has 0 unspecified atom stereocenters. The van der Waals surface area contributed by atoms with Gasteiger partial charge in [0.15, 0.2) is 0 Å². The van der Waals surface area contributed by atoms with Gasteiger partial charge in [-0.1, -0.05) is 27.7 Å². The Hall–Kier alpha value is -0.330. The van der Waals surface area contributed by atoms with E-state index in [-0.39, 0.29) is 0 Å². The SMILES string of the molecule is CC(C)[C@]12CC(=O)[C@@H](C)[C@@]1(C)C2. The van der Waals surface area contributed by atoms with Crippen molar-refractivity contribution in [2.45, 2.75) is 40.5 Å². The summed E-state index contributed by atoms with van der Waals surface area (Å²) in [5.74, 6) is 1.49. The molecule has 1 nitrogen and oxygen atoms in total. The molecule has 0 saturated heterocycles. The summed E-state index contributed by atoms with van der Waals surface area (Å²) in [6.07, 6.45) is 2.13. The number of fused-ring (bicyclic) bond motifs is 1. The predicted octanol–water partition coefficient (Wildman–Crippen LogP) is 2.65. The van der Waals surface area contributed by atoms with Crippen molar-refractivity contribution in [2.75, 3.05) is 0 Å². The number of hydrogen-bond acceptors (Lipinski definition) is 1. The monoisotopic (exact) mass is 166 g/mol. The maximum Gasteiger partial charge on any atom is 0.136 e. The predicted molar refractivity (Wildman–Crippen MR) is 48.8 cm³/mol. The van der Waals surface area contributed by atoms with Crippen molar-refractivity contribution in [3.63, 3.8) is 0 Å². The Morgan fingerprint density at radius 2 is 2.08 bits per heavy atom. The lowest BCUT2D eigenvalue weighted by Gasteiger charge is -2.19. The van der Waals surface area contributed by atoms with E-state index in [0.29, 0.717) is 28.4 Å². The van der Waals surface area contributed by atoms with Gasteiger partial charge in [0.2, 0.25) is 0 Å². The van der Waals surface area contributed by atoms with E-state index in [1.807, 2.05) is 0 Å². The molecule has 12 heavy (non-hydrogen) atoms. The highest BCUT2D eigenvalue weighted by molar-refractivity contribution is 5.87. The first-order valence-electron chi connectivity index (χ1n) is 4.97. The van der Waals surface area contributed by atoms with Crippen molar-refractivity contribution in [2.24, 2.45) is 22.7 Å². The maximum atomic E-state index is 11.5. The van der Waals surface area contributed by atoms with Gasteiger partial charge in [-0.05, 0) is 23.2 Å². The molecular weight excluding hydrogens is 148 g/mol. The van der Waals surface area contributed by atoms with Crippen molar-refractivity contribution in [3.05, 3.63) is 0 Å². The highest BCUT2D eigenvalue weighted by Gasteiger charge is 2.73. The lowest BCUT2D eigenvalue weighted by Crippen LogP contribution is -2.14. The number of Topliss-reactive ketones (excluding diaryl/α,β-unsaturated/α-hetero) is 1. The zero-order valence-electron chi connectivity index (χ0n) is 8.48. The Morgan fingerprint density at radius 1 is 1.50 bits per heavy atom. The van der Waals surface area contributed by atoms with Gasteiger partial charge in [0.05, 0.1) is 0 Å². The fraction of sp³-hybridized carbons (Fsp3) is 0.909. The van der Waals surface area contributed by atoms with Crippen LogP contribution < -0.4 is 0 Å². The van der Waals surface area contributed by atoms with E-state index in [9.17, 15) is 4.79 Å². The summed E-state index contributed by atoms with van der Waals surface area (Å²) in [5, 5.41) is 0. The largest absolute Gasteiger partial charge is 0.299 e. The first-order valence-corrected chi connectivity index (χ1v) is 4.97. The molecule has 0 heterocycles. The standard InChI is InChI=1S/C11H18O/c1-7(2)11-5-9(12)8(3)10(11,4)6-11/h7-8H,5-6H2,1-4H3/t8-,10-,11-/m1/s1. The summed E-state index contributed by atoms with van der Waals surface area (Å²) in [7, 11) is 0. The average molecular weight is 166 g/mol. The molecule has 68 valence electrons. The van der Waals surface area contributed by atoms with Crippen molar-refractivity contribution < 1.29 is 4.79 Å². The van der Waals surface area contributed by atoms with Crippen molar-refractivity contribution in [1.82, 2.24) is 0 Å². The fourth-order valence-electron chi connectivity index (χ4n) is 3.35. The number of carbonyl (C=O) groups is 1. The molecule has 2 saturated carbocycles. The molecule has 0 N–H and O–H groups in total. The Morgan fingerprint density at radius 3 is 2.33 bits per heavy atom. The third-order valence-electron chi connectivity index (χ3n) is 4.73. The third kappa shape index (κ3) is 0.641. The maximum absolute atomic E-state index is 11.5. The van der Waals surface area contributed by atoms with E-state index >= 15 is 0 Å². The van der Waals surface area contributed by atoms with Crippen LogP contribution >= 0.6 is 0 Å². The van der Waals surface area contributed by atoms with Gasteiger partial charge in [0, 0.05) is 12.3 Å².